The number of nitrogens with zero attached hydrogens (tertiary/aromatic N) is 1. The number of methoxy groups -OCH3 is 1. The van der Waals surface area contributed by atoms with Gasteiger partial charge in [-0.1, -0.05) is 50.0 Å². The fourth-order valence-corrected chi connectivity index (χ4v) is 3.58. The van der Waals surface area contributed by atoms with Crippen molar-refractivity contribution >= 4 is 46.3 Å². The van der Waals surface area contributed by atoms with Crippen molar-refractivity contribution in [1.29, 1.82) is 0 Å². The van der Waals surface area contributed by atoms with Crippen LogP contribution in [0.3, 0.4) is 0 Å². The lowest BCUT2D eigenvalue weighted by Gasteiger charge is -2.30. The Morgan fingerprint density at radius 1 is 1.35 bits per heavy atom. The molecular weight excluding hydrogens is 334 g/mol. The molecule has 0 unspecified atom stereocenters. The van der Waals surface area contributed by atoms with E-state index in [1.54, 1.807) is 39.2 Å². The van der Waals surface area contributed by atoms with Crippen molar-refractivity contribution in [3.8, 4) is 5.75 Å². The molecule has 23 heavy (non-hydrogen) atoms. The van der Waals surface area contributed by atoms with Crippen LogP contribution in [0.25, 0.3) is 6.08 Å². The van der Waals surface area contributed by atoms with Gasteiger partial charge in [0.2, 0.25) is 0 Å². The maximum Gasteiger partial charge on any atom is 0.266 e. The predicted molar refractivity (Wildman–Crippen MR) is 91.6 cm³/mol. The first-order chi connectivity index (χ1) is 10.8. The van der Waals surface area contributed by atoms with Crippen LogP contribution in [-0.2, 0) is 9.59 Å². The fourth-order valence-electron chi connectivity index (χ4n) is 2.25. The molecule has 1 amide bonds. The number of ether oxygens (including phenoxy) is 1. The number of carboxylic acid groups (broad SMARTS) is 1. The number of hydrogen-bond acceptors (Lipinski definition) is 6. The van der Waals surface area contributed by atoms with Crippen molar-refractivity contribution in [3.05, 3.63) is 34.7 Å². The first-order valence-electron chi connectivity index (χ1n) is 6.97. The van der Waals surface area contributed by atoms with E-state index < -0.39 is 17.9 Å². The molecule has 0 aliphatic carbocycles. The van der Waals surface area contributed by atoms with Gasteiger partial charge in [0.05, 0.1) is 24.0 Å². The van der Waals surface area contributed by atoms with Gasteiger partial charge in [-0.25, -0.2) is 0 Å². The standard InChI is InChI=1S/C16H17NO4S2/c1-9(2)13(15(19)20)17-14(18)12(23-16(17)22)8-10-4-6-11(21-3)7-5-10/h4-9,13H,1-3H3,(H,19,20)/p-1/b12-8-/t13-/m1/s1. The average molecular weight is 350 g/mol. The number of hydrogen-bond donors (Lipinski definition) is 0. The number of rotatable bonds is 5. The summed E-state index contributed by atoms with van der Waals surface area (Å²) in [6.45, 7) is 3.43. The topological polar surface area (TPSA) is 69.7 Å². The highest BCUT2D eigenvalue weighted by atomic mass is 32.2. The highest BCUT2D eigenvalue weighted by Crippen LogP contribution is 2.35. The summed E-state index contributed by atoms with van der Waals surface area (Å²) >= 11 is 6.28. The van der Waals surface area contributed by atoms with Gasteiger partial charge < -0.3 is 14.6 Å². The van der Waals surface area contributed by atoms with Crippen molar-refractivity contribution in [2.75, 3.05) is 7.11 Å². The third kappa shape index (κ3) is 3.73. The van der Waals surface area contributed by atoms with Crippen molar-refractivity contribution < 1.29 is 19.4 Å². The van der Waals surface area contributed by atoms with Crippen molar-refractivity contribution in [3.63, 3.8) is 0 Å². The van der Waals surface area contributed by atoms with Crippen LogP contribution in [0.15, 0.2) is 29.2 Å². The Labute approximate surface area is 144 Å². The van der Waals surface area contributed by atoms with E-state index >= 15 is 0 Å². The zero-order valence-corrected chi connectivity index (χ0v) is 14.6. The van der Waals surface area contributed by atoms with Crippen LogP contribution in [0.4, 0.5) is 0 Å². The summed E-state index contributed by atoms with van der Waals surface area (Å²) in [5.41, 5.74) is 0.806. The number of amides is 1. The van der Waals surface area contributed by atoms with E-state index in [1.807, 2.05) is 12.1 Å². The number of benzene rings is 1. The number of carbonyl (C=O) groups excluding carboxylic acids is 2. The summed E-state index contributed by atoms with van der Waals surface area (Å²) in [6.07, 6.45) is 1.69. The minimum Gasteiger partial charge on any atom is -0.548 e. The summed E-state index contributed by atoms with van der Waals surface area (Å²) in [5.74, 6) is -1.30. The molecule has 1 aliphatic heterocycles. The molecule has 0 spiro atoms. The Bertz CT molecular complexity index is 667. The summed E-state index contributed by atoms with van der Waals surface area (Å²) in [6, 6.07) is 6.12. The molecular formula is C16H16NO4S2-. The molecule has 1 aliphatic rings. The first kappa shape index (κ1) is 17.5. The second-order valence-electron chi connectivity index (χ2n) is 5.33. The molecule has 1 aromatic rings. The van der Waals surface area contributed by atoms with Gasteiger partial charge in [0.1, 0.15) is 10.1 Å². The van der Waals surface area contributed by atoms with Gasteiger partial charge in [0.15, 0.2) is 0 Å². The molecule has 122 valence electrons. The molecule has 1 heterocycles. The van der Waals surface area contributed by atoms with Crippen molar-refractivity contribution in [1.82, 2.24) is 4.90 Å². The minimum absolute atomic E-state index is 0.234. The van der Waals surface area contributed by atoms with E-state index in [4.69, 9.17) is 17.0 Å². The molecule has 0 saturated carbocycles. The Kier molecular flexibility index (Phi) is 5.43. The molecule has 0 aromatic heterocycles. The summed E-state index contributed by atoms with van der Waals surface area (Å²) < 4.78 is 5.32. The summed E-state index contributed by atoms with van der Waals surface area (Å²) in [5, 5.41) is 11.3. The monoisotopic (exact) mass is 350 g/mol. The van der Waals surface area contributed by atoms with Crippen LogP contribution in [0.2, 0.25) is 0 Å². The Morgan fingerprint density at radius 3 is 2.43 bits per heavy atom. The second-order valence-corrected chi connectivity index (χ2v) is 7.01. The number of thiocarbonyl (C=S) groups is 1. The normalized spacial score (nSPS) is 17.9. The Balaban J connectivity index is 2.29. The third-order valence-corrected chi connectivity index (χ3v) is 4.72. The van der Waals surface area contributed by atoms with E-state index in [2.05, 4.69) is 0 Å². The van der Waals surface area contributed by atoms with E-state index in [0.717, 1.165) is 22.2 Å². The molecule has 0 bridgehead atoms. The van der Waals surface area contributed by atoms with Gasteiger partial charge >= 0.3 is 0 Å². The Hall–Kier alpha value is -1.86. The smallest absolute Gasteiger partial charge is 0.266 e. The largest absolute Gasteiger partial charge is 0.548 e. The lowest BCUT2D eigenvalue weighted by atomic mass is 10.0. The fraction of sp³-hybridized carbons (Fsp3) is 0.312. The number of thioether (sulfide) groups is 1. The van der Waals surface area contributed by atoms with Crippen LogP contribution in [0, 0.1) is 5.92 Å². The molecule has 7 heteroatoms. The Morgan fingerprint density at radius 2 is 1.96 bits per heavy atom. The van der Waals surface area contributed by atoms with Gasteiger partial charge in [0, 0.05) is 0 Å². The highest BCUT2D eigenvalue weighted by molar-refractivity contribution is 8.26. The van der Waals surface area contributed by atoms with Crippen LogP contribution < -0.4 is 9.84 Å². The highest BCUT2D eigenvalue weighted by Gasteiger charge is 2.38. The maximum atomic E-state index is 12.5. The van der Waals surface area contributed by atoms with Gasteiger partial charge in [-0.2, -0.15) is 0 Å². The number of aliphatic carboxylic acids is 1. The van der Waals surface area contributed by atoms with Crippen LogP contribution in [-0.4, -0.2) is 34.2 Å². The third-order valence-electron chi connectivity index (χ3n) is 3.39. The van der Waals surface area contributed by atoms with E-state index in [0.29, 0.717) is 10.7 Å². The lowest BCUT2D eigenvalue weighted by Crippen LogP contribution is -2.52. The maximum absolute atomic E-state index is 12.5. The predicted octanol–water partition coefficient (Wildman–Crippen LogP) is 1.67. The average Bonchev–Trinajstić information content (AvgIpc) is 2.75. The van der Waals surface area contributed by atoms with Crippen molar-refractivity contribution in [2.45, 2.75) is 19.9 Å². The molecule has 1 atom stereocenters. The molecule has 5 nitrogen and oxygen atoms in total. The van der Waals surface area contributed by atoms with Crippen LogP contribution in [0.5, 0.6) is 5.75 Å². The zero-order valence-electron chi connectivity index (χ0n) is 12.9. The van der Waals surface area contributed by atoms with E-state index in [-0.39, 0.29) is 10.2 Å². The van der Waals surface area contributed by atoms with Crippen LogP contribution >= 0.6 is 24.0 Å². The molecule has 1 aromatic carbocycles. The van der Waals surface area contributed by atoms with Crippen LogP contribution in [0.1, 0.15) is 19.4 Å². The zero-order chi connectivity index (χ0) is 17.1. The molecule has 2 rings (SSSR count). The number of carbonyl (C=O) groups is 2. The van der Waals surface area contributed by atoms with Gasteiger partial charge in [-0.15, -0.1) is 0 Å². The quantitative estimate of drug-likeness (QED) is 0.594. The first-order valence-corrected chi connectivity index (χ1v) is 8.19. The molecule has 1 fully saturated rings. The van der Waals surface area contributed by atoms with Gasteiger partial charge in [0.25, 0.3) is 5.91 Å². The molecule has 1 saturated heterocycles. The van der Waals surface area contributed by atoms with Crippen molar-refractivity contribution in [2.24, 2.45) is 5.92 Å². The SMILES string of the molecule is COc1ccc(/C=C2\SC(=S)N([C@@H](C(=O)[O-])C(C)C)C2=O)cc1. The van der Waals surface area contributed by atoms with E-state index in [9.17, 15) is 14.7 Å². The summed E-state index contributed by atoms with van der Waals surface area (Å²) in [7, 11) is 1.58. The second kappa shape index (κ2) is 7.14. The number of carboxylic acids is 1. The lowest BCUT2D eigenvalue weighted by molar-refractivity contribution is -0.311. The van der Waals surface area contributed by atoms with Gasteiger partial charge in [-0.05, 0) is 29.7 Å². The van der Waals surface area contributed by atoms with Gasteiger partial charge in [-0.3, -0.25) is 9.69 Å². The van der Waals surface area contributed by atoms with E-state index in [1.165, 1.54) is 0 Å². The summed E-state index contributed by atoms with van der Waals surface area (Å²) in [4.78, 5) is 25.4. The molecule has 0 radical (unpaired) electrons. The minimum atomic E-state index is -1.30. The molecule has 0 N–H and O–H groups in total.